The number of aliphatic carboxylic acids is 1. The van der Waals surface area contributed by atoms with Gasteiger partial charge in [-0.1, -0.05) is 31.5 Å². The average molecular weight is 440 g/mol. The van der Waals surface area contributed by atoms with Crippen LogP contribution in [0.1, 0.15) is 57.2 Å². The molecule has 0 saturated heterocycles. The van der Waals surface area contributed by atoms with Crippen molar-refractivity contribution in [3.63, 3.8) is 0 Å². The van der Waals surface area contributed by atoms with Crippen LogP contribution in [-0.2, 0) is 17.6 Å². The Morgan fingerprint density at radius 3 is 2.77 bits per heavy atom. The molecule has 0 aromatic carbocycles. The summed E-state index contributed by atoms with van der Waals surface area (Å²) in [6.45, 7) is 4.59. The largest absolute Gasteiger partial charge is 0.481 e. The highest BCUT2D eigenvalue weighted by atomic mass is 32.2. The summed E-state index contributed by atoms with van der Waals surface area (Å²) in [6.07, 6.45) is 8.13. The Bertz CT molecular complexity index is 1030. The van der Waals surface area contributed by atoms with E-state index in [-0.39, 0.29) is 11.8 Å². The number of anilines is 1. The third kappa shape index (κ3) is 5.04. The van der Waals surface area contributed by atoms with E-state index >= 15 is 0 Å². The molecule has 7 nitrogen and oxygen atoms in total. The first kappa shape index (κ1) is 21.7. The summed E-state index contributed by atoms with van der Waals surface area (Å²) in [5.41, 5.74) is 4.48. The van der Waals surface area contributed by atoms with E-state index in [0.717, 1.165) is 43.5 Å². The lowest BCUT2D eigenvalue weighted by molar-refractivity contribution is -0.142. The number of carboxylic acid groups (broad SMARTS) is 1. The van der Waals surface area contributed by atoms with E-state index in [9.17, 15) is 4.79 Å². The fraction of sp³-hybridized carbons (Fsp3) is 0.565. The molecule has 2 heterocycles. The van der Waals surface area contributed by atoms with Gasteiger partial charge in [0.25, 0.3) is 0 Å². The van der Waals surface area contributed by atoms with E-state index in [1.54, 1.807) is 0 Å². The third-order valence-electron chi connectivity index (χ3n) is 6.33. The summed E-state index contributed by atoms with van der Waals surface area (Å²) in [5.74, 6) is 3.22. The number of aromatic nitrogens is 4. The quantitative estimate of drug-likeness (QED) is 0.281. The van der Waals surface area contributed by atoms with Gasteiger partial charge in [0.15, 0.2) is 5.16 Å². The van der Waals surface area contributed by atoms with Crippen molar-refractivity contribution in [3.8, 4) is 23.4 Å². The lowest BCUT2D eigenvalue weighted by Crippen LogP contribution is -2.22. The van der Waals surface area contributed by atoms with E-state index in [1.165, 1.54) is 23.0 Å². The van der Waals surface area contributed by atoms with Crippen LogP contribution in [0.2, 0.25) is 0 Å². The highest BCUT2D eigenvalue weighted by Crippen LogP contribution is 2.37. The van der Waals surface area contributed by atoms with Crippen molar-refractivity contribution in [2.24, 2.45) is 17.3 Å². The zero-order valence-electron chi connectivity index (χ0n) is 18.3. The van der Waals surface area contributed by atoms with Gasteiger partial charge in [-0.15, -0.1) is 0 Å². The van der Waals surface area contributed by atoms with Crippen molar-refractivity contribution in [2.75, 3.05) is 11.6 Å². The molecule has 2 aromatic rings. The summed E-state index contributed by atoms with van der Waals surface area (Å²) in [6, 6.07) is 4.95. The Kier molecular flexibility index (Phi) is 6.24. The lowest BCUT2D eigenvalue weighted by Gasteiger charge is -2.29. The number of carboxylic acids is 1. The summed E-state index contributed by atoms with van der Waals surface area (Å²) in [5, 5.41) is 20.7. The predicted molar refractivity (Wildman–Crippen MR) is 122 cm³/mol. The Morgan fingerprint density at radius 1 is 1.29 bits per heavy atom. The number of hydrogen-bond acceptors (Lipinski definition) is 6. The van der Waals surface area contributed by atoms with Crippen LogP contribution >= 0.6 is 11.8 Å². The first-order chi connectivity index (χ1) is 14.8. The zero-order valence-corrected chi connectivity index (χ0v) is 19.1. The second kappa shape index (κ2) is 8.91. The molecular formula is C23H29N5O2S. The van der Waals surface area contributed by atoms with Gasteiger partial charge in [0, 0.05) is 29.3 Å². The van der Waals surface area contributed by atoms with Gasteiger partial charge in [-0.3, -0.25) is 15.2 Å². The van der Waals surface area contributed by atoms with Gasteiger partial charge in [-0.2, -0.15) is 5.10 Å². The van der Waals surface area contributed by atoms with E-state index in [0.29, 0.717) is 29.2 Å². The molecule has 0 atom stereocenters. The summed E-state index contributed by atoms with van der Waals surface area (Å²) in [7, 11) is 0. The molecule has 1 fully saturated rings. The molecule has 0 amide bonds. The first-order valence-corrected chi connectivity index (χ1v) is 12.1. The van der Waals surface area contributed by atoms with Crippen LogP contribution in [0.15, 0.2) is 11.2 Å². The van der Waals surface area contributed by atoms with Crippen molar-refractivity contribution < 1.29 is 9.90 Å². The molecule has 0 bridgehead atoms. The van der Waals surface area contributed by atoms with Crippen LogP contribution in [0, 0.1) is 29.2 Å². The molecule has 2 aromatic heterocycles. The normalized spacial score (nSPS) is 22.2. The first-order valence-electron chi connectivity index (χ1n) is 10.8. The Balaban J connectivity index is 1.50. The van der Waals surface area contributed by atoms with Gasteiger partial charge >= 0.3 is 5.97 Å². The highest BCUT2D eigenvalue weighted by Gasteiger charge is 2.29. The number of fused-ring (bicyclic) bond motifs is 1. The number of nitrogens with one attached hydrogen (secondary N) is 2. The number of rotatable bonds is 4. The van der Waals surface area contributed by atoms with Crippen LogP contribution < -0.4 is 5.32 Å². The van der Waals surface area contributed by atoms with Crippen molar-refractivity contribution in [3.05, 3.63) is 17.3 Å². The molecule has 0 unspecified atom stereocenters. The molecule has 3 N–H and O–H groups in total. The van der Waals surface area contributed by atoms with Crippen LogP contribution in [0.25, 0.3) is 11.4 Å². The van der Waals surface area contributed by atoms with Crippen LogP contribution in [0.4, 0.5) is 5.82 Å². The molecule has 2 aliphatic carbocycles. The molecule has 8 heteroatoms. The van der Waals surface area contributed by atoms with Gasteiger partial charge in [0.2, 0.25) is 0 Å². The molecule has 0 aliphatic heterocycles. The number of thioether (sulfide) groups is 1. The molecule has 4 rings (SSSR count). The number of carbonyl (C=O) groups is 1. The second-order valence-corrected chi connectivity index (χ2v) is 10.0. The van der Waals surface area contributed by atoms with Crippen LogP contribution in [0.3, 0.4) is 0 Å². The molecule has 0 spiro atoms. The minimum Gasteiger partial charge on any atom is -0.481 e. The van der Waals surface area contributed by atoms with Crippen molar-refractivity contribution >= 4 is 23.5 Å². The third-order valence-corrected chi connectivity index (χ3v) is 6.88. The maximum Gasteiger partial charge on any atom is 0.306 e. The summed E-state index contributed by atoms with van der Waals surface area (Å²) >= 11 is 1.49. The number of hydrogen-bond donors (Lipinski definition) is 3. The maximum absolute atomic E-state index is 11.1. The molecule has 31 heavy (non-hydrogen) atoms. The Labute approximate surface area is 187 Å². The topological polar surface area (TPSA) is 104 Å². The zero-order chi connectivity index (χ0) is 22.0. The summed E-state index contributed by atoms with van der Waals surface area (Å²) in [4.78, 5) is 20.3. The number of H-pyrrole nitrogens is 1. The number of nitrogens with zero attached hydrogens (tertiary/aromatic N) is 3. The van der Waals surface area contributed by atoms with E-state index in [2.05, 4.69) is 51.3 Å². The van der Waals surface area contributed by atoms with Gasteiger partial charge in [-0.25, -0.2) is 9.97 Å². The predicted octanol–water partition coefficient (Wildman–Crippen LogP) is 4.37. The molecule has 164 valence electrons. The van der Waals surface area contributed by atoms with Gasteiger partial charge in [-0.05, 0) is 56.6 Å². The standard InChI is InChI=1S/C23H29N5O2S/c1-23(2)10-8-16-18(13-23)27-28-20(16)17-12-19(26-22(25-17)31-3)24-11-9-14-4-6-15(7-5-14)21(29)30/h12,14-15H,4-8,10,13H2,1-3H3,(H,27,28)(H,29,30)(H,24,25,26). The number of aromatic amines is 1. The monoisotopic (exact) mass is 439 g/mol. The van der Waals surface area contributed by atoms with Crippen molar-refractivity contribution in [2.45, 2.75) is 63.9 Å². The average Bonchev–Trinajstić information content (AvgIpc) is 3.15. The molecule has 0 radical (unpaired) electrons. The van der Waals surface area contributed by atoms with Crippen molar-refractivity contribution in [1.29, 1.82) is 0 Å². The molecular weight excluding hydrogens is 410 g/mol. The van der Waals surface area contributed by atoms with Crippen LogP contribution in [0.5, 0.6) is 0 Å². The minimum atomic E-state index is -0.688. The Morgan fingerprint density at radius 2 is 2.06 bits per heavy atom. The fourth-order valence-corrected chi connectivity index (χ4v) is 4.83. The highest BCUT2D eigenvalue weighted by molar-refractivity contribution is 7.98. The summed E-state index contributed by atoms with van der Waals surface area (Å²) < 4.78 is 0. The SMILES string of the molecule is CSc1nc(NC#CC2CCC(C(=O)O)CC2)cc(-c2n[nH]c3c2CCC(C)(C)C3)n1. The van der Waals surface area contributed by atoms with Crippen LogP contribution in [-0.4, -0.2) is 37.5 Å². The van der Waals surface area contributed by atoms with Gasteiger partial charge in [0.1, 0.15) is 11.5 Å². The smallest absolute Gasteiger partial charge is 0.306 e. The van der Waals surface area contributed by atoms with Gasteiger partial charge in [0.05, 0.1) is 11.6 Å². The van der Waals surface area contributed by atoms with E-state index in [4.69, 9.17) is 5.11 Å². The van der Waals surface area contributed by atoms with Crippen molar-refractivity contribution in [1.82, 2.24) is 20.2 Å². The second-order valence-electron chi connectivity index (χ2n) is 9.28. The van der Waals surface area contributed by atoms with Gasteiger partial charge < -0.3 is 5.11 Å². The minimum absolute atomic E-state index is 0.218. The van der Waals surface area contributed by atoms with E-state index < -0.39 is 5.97 Å². The lowest BCUT2D eigenvalue weighted by atomic mass is 9.76. The Hall–Kier alpha value is -2.53. The maximum atomic E-state index is 11.1. The van der Waals surface area contributed by atoms with E-state index in [1.807, 2.05) is 12.3 Å². The fourth-order valence-electron chi connectivity index (χ4n) is 4.45. The molecule has 2 aliphatic rings. The molecule has 1 saturated carbocycles.